The van der Waals surface area contributed by atoms with E-state index in [4.69, 9.17) is 0 Å². The van der Waals surface area contributed by atoms with Gasteiger partial charge in [-0.2, -0.15) is 5.26 Å². The second-order valence-corrected chi connectivity index (χ2v) is 6.50. The van der Waals surface area contributed by atoms with Crippen LogP contribution in [0.15, 0.2) is 42.5 Å². The third-order valence-corrected chi connectivity index (χ3v) is 4.70. The number of rotatable bonds is 2. The topological polar surface area (TPSA) is 90.1 Å². The molecule has 0 aliphatic carbocycles. The molecule has 1 aliphatic rings. The lowest BCUT2D eigenvalue weighted by Crippen LogP contribution is -2.22. The number of aromatic hydroxyl groups is 1. The highest BCUT2D eigenvalue weighted by Crippen LogP contribution is 2.38. The van der Waals surface area contributed by atoms with Crippen molar-refractivity contribution in [1.29, 1.82) is 5.26 Å². The van der Waals surface area contributed by atoms with Gasteiger partial charge in [-0.1, -0.05) is 30.3 Å². The second kappa shape index (κ2) is 6.22. The van der Waals surface area contributed by atoms with Gasteiger partial charge in [0.25, 0.3) is 0 Å². The maximum absolute atomic E-state index is 12.7. The van der Waals surface area contributed by atoms with Crippen LogP contribution in [0, 0.1) is 25.2 Å². The van der Waals surface area contributed by atoms with Crippen molar-refractivity contribution in [3.05, 3.63) is 64.8 Å². The fourth-order valence-electron chi connectivity index (χ4n) is 3.20. The Balaban J connectivity index is 1.93. The highest BCUT2D eigenvalue weighted by Gasteiger charge is 2.34. The summed E-state index contributed by atoms with van der Waals surface area (Å²) in [7, 11) is 0. The average molecular weight is 356 g/mol. The van der Waals surface area contributed by atoms with Crippen LogP contribution in [-0.4, -0.2) is 21.0 Å². The molecular formula is C21H16N4O2. The summed E-state index contributed by atoms with van der Waals surface area (Å²) in [6.45, 7) is 3.72. The van der Waals surface area contributed by atoms with E-state index in [9.17, 15) is 15.2 Å². The van der Waals surface area contributed by atoms with E-state index in [1.807, 2.05) is 31.2 Å². The number of phenolic OH excluding ortho intramolecular Hbond substituents is 1. The minimum absolute atomic E-state index is 0.0893. The molecule has 1 amide bonds. The highest BCUT2D eigenvalue weighted by atomic mass is 16.3. The highest BCUT2D eigenvalue weighted by molar-refractivity contribution is 6.07. The first kappa shape index (κ1) is 16.7. The molecule has 0 bridgehead atoms. The van der Waals surface area contributed by atoms with Crippen LogP contribution in [0.25, 0.3) is 11.4 Å². The zero-order chi connectivity index (χ0) is 19.1. The third kappa shape index (κ3) is 2.70. The number of nitriles is 1. The Labute approximate surface area is 156 Å². The molecule has 1 N–H and O–H groups in total. The third-order valence-electron chi connectivity index (χ3n) is 4.70. The summed E-state index contributed by atoms with van der Waals surface area (Å²) < 4.78 is 0. The Hall–Kier alpha value is -3.72. The lowest BCUT2D eigenvalue weighted by Gasteiger charge is -2.19. The zero-order valence-electron chi connectivity index (χ0n) is 14.9. The van der Waals surface area contributed by atoms with Crippen molar-refractivity contribution in [2.24, 2.45) is 0 Å². The fraction of sp³-hybridized carbons (Fsp3) is 0.143. The van der Waals surface area contributed by atoms with Crippen molar-refractivity contribution in [3.8, 4) is 23.2 Å². The Morgan fingerprint density at radius 1 is 1.11 bits per heavy atom. The number of benzene rings is 2. The zero-order valence-corrected chi connectivity index (χ0v) is 14.9. The first-order valence-corrected chi connectivity index (χ1v) is 8.49. The summed E-state index contributed by atoms with van der Waals surface area (Å²) >= 11 is 0. The van der Waals surface area contributed by atoms with Crippen molar-refractivity contribution < 1.29 is 9.90 Å². The van der Waals surface area contributed by atoms with E-state index in [0.29, 0.717) is 22.8 Å². The van der Waals surface area contributed by atoms with Crippen LogP contribution in [0.4, 0.5) is 11.5 Å². The normalized spacial score (nSPS) is 12.8. The molecule has 0 unspecified atom stereocenters. The molecule has 6 nitrogen and oxygen atoms in total. The van der Waals surface area contributed by atoms with Gasteiger partial charge in [0.2, 0.25) is 5.91 Å². The molecule has 0 fully saturated rings. The Bertz CT molecular complexity index is 1130. The number of phenols is 1. The quantitative estimate of drug-likeness (QED) is 0.758. The van der Waals surface area contributed by atoms with Crippen molar-refractivity contribution in [3.63, 3.8) is 0 Å². The van der Waals surface area contributed by atoms with Crippen LogP contribution in [-0.2, 0) is 11.2 Å². The summed E-state index contributed by atoms with van der Waals surface area (Å²) in [5.74, 6) is 0.709. The molecule has 4 rings (SSSR count). The van der Waals surface area contributed by atoms with Gasteiger partial charge in [-0.05, 0) is 37.1 Å². The molecule has 27 heavy (non-hydrogen) atoms. The van der Waals surface area contributed by atoms with Gasteiger partial charge < -0.3 is 5.11 Å². The molecule has 1 aromatic heterocycles. The average Bonchev–Trinajstić information content (AvgIpc) is 2.99. The predicted octanol–water partition coefficient (Wildman–Crippen LogP) is 3.56. The summed E-state index contributed by atoms with van der Waals surface area (Å²) in [6, 6.07) is 14.7. The van der Waals surface area contributed by atoms with Gasteiger partial charge in [-0.3, -0.25) is 9.69 Å². The van der Waals surface area contributed by atoms with E-state index in [-0.39, 0.29) is 23.8 Å². The molecule has 2 aromatic carbocycles. The monoisotopic (exact) mass is 356 g/mol. The predicted molar refractivity (Wildman–Crippen MR) is 101 cm³/mol. The first-order valence-electron chi connectivity index (χ1n) is 8.49. The molecule has 6 heteroatoms. The Morgan fingerprint density at radius 2 is 1.89 bits per heavy atom. The molecule has 0 spiro atoms. The number of aryl methyl sites for hydroxylation is 2. The van der Waals surface area contributed by atoms with Gasteiger partial charge in [0, 0.05) is 11.1 Å². The maximum Gasteiger partial charge on any atom is 0.237 e. The summed E-state index contributed by atoms with van der Waals surface area (Å²) in [4.78, 5) is 23.2. The Morgan fingerprint density at radius 3 is 2.59 bits per heavy atom. The van der Waals surface area contributed by atoms with Crippen molar-refractivity contribution >= 4 is 17.4 Å². The number of carbonyl (C=O) groups excluding carboxylic acids is 1. The summed E-state index contributed by atoms with van der Waals surface area (Å²) in [5, 5.41) is 19.6. The summed E-state index contributed by atoms with van der Waals surface area (Å²) in [5.41, 5.74) is 3.70. The Kier molecular flexibility index (Phi) is 3.85. The molecule has 3 aromatic rings. The maximum atomic E-state index is 12.7. The standard InChI is InChI=1S/C21H16N4O2/c1-12-5-3-4-6-17(12)25-19(27)10-15-16(11-22)23-20(24-21(15)25)14-8-7-13(2)18(26)9-14/h3-9,26H,10H2,1-2H3. The number of hydrogen-bond donors (Lipinski definition) is 1. The number of carbonyl (C=O) groups is 1. The number of anilines is 2. The molecule has 132 valence electrons. The lowest BCUT2D eigenvalue weighted by atomic mass is 10.1. The van der Waals surface area contributed by atoms with Crippen LogP contribution in [0.3, 0.4) is 0 Å². The number of aromatic nitrogens is 2. The summed E-state index contributed by atoms with van der Waals surface area (Å²) in [6.07, 6.45) is 0.0893. The largest absolute Gasteiger partial charge is 0.508 e. The van der Waals surface area contributed by atoms with Gasteiger partial charge in [0.05, 0.1) is 12.1 Å². The van der Waals surface area contributed by atoms with E-state index in [1.54, 1.807) is 30.0 Å². The minimum Gasteiger partial charge on any atom is -0.508 e. The first-order chi connectivity index (χ1) is 13.0. The molecule has 0 atom stereocenters. The van der Waals surface area contributed by atoms with Crippen molar-refractivity contribution in [2.45, 2.75) is 20.3 Å². The van der Waals surface area contributed by atoms with Crippen molar-refractivity contribution in [2.75, 3.05) is 4.90 Å². The molecule has 0 saturated carbocycles. The van der Waals surface area contributed by atoms with Crippen LogP contribution in [0.2, 0.25) is 0 Å². The number of para-hydroxylation sites is 1. The SMILES string of the molecule is Cc1ccc(-c2nc(C#N)c3c(n2)N(c2ccccc2C)C(=O)C3)cc1O. The van der Waals surface area contributed by atoms with E-state index in [2.05, 4.69) is 16.0 Å². The second-order valence-electron chi connectivity index (χ2n) is 6.50. The molecule has 0 radical (unpaired) electrons. The van der Waals surface area contributed by atoms with Crippen molar-refractivity contribution in [1.82, 2.24) is 9.97 Å². The number of amides is 1. The molecule has 1 aliphatic heterocycles. The van der Waals surface area contributed by atoms with Gasteiger partial charge in [-0.15, -0.1) is 0 Å². The van der Waals surface area contributed by atoms with Gasteiger partial charge in [0.15, 0.2) is 5.82 Å². The van der Waals surface area contributed by atoms with Crippen LogP contribution in [0.1, 0.15) is 22.4 Å². The molecule has 0 saturated heterocycles. The van der Waals surface area contributed by atoms with E-state index in [0.717, 1.165) is 16.8 Å². The van der Waals surface area contributed by atoms with Gasteiger partial charge in [-0.25, -0.2) is 9.97 Å². The van der Waals surface area contributed by atoms with E-state index < -0.39 is 0 Å². The smallest absolute Gasteiger partial charge is 0.237 e. The van der Waals surface area contributed by atoms with Crippen LogP contribution in [0.5, 0.6) is 5.75 Å². The fourth-order valence-corrected chi connectivity index (χ4v) is 3.20. The number of nitrogens with zero attached hydrogens (tertiary/aromatic N) is 4. The van der Waals surface area contributed by atoms with E-state index in [1.165, 1.54) is 0 Å². The van der Waals surface area contributed by atoms with Gasteiger partial charge >= 0.3 is 0 Å². The molecular weight excluding hydrogens is 340 g/mol. The van der Waals surface area contributed by atoms with Gasteiger partial charge in [0.1, 0.15) is 23.3 Å². The minimum atomic E-state index is -0.144. The van der Waals surface area contributed by atoms with Crippen LogP contribution >= 0.6 is 0 Å². The van der Waals surface area contributed by atoms with Crippen LogP contribution < -0.4 is 4.90 Å². The number of fused-ring (bicyclic) bond motifs is 1. The van der Waals surface area contributed by atoms with E-state index >= 15 is 0 Å². The molecule has 2 heterocycles. The number of hydrogen-bond acceptors (Lipinski definition) is 5. The lowest BCUT2D eigenvalue weighted by molar-refractivity contribution is -0.116.